The number of nitrogens with zero attached hydrogens (tertiary/aromatic N) is 5. The van der Waals surface area contributed by atoms with Crippen molar-refractivity contribution in [3.63, 3.8) is 0 Å². The molecule has 0 amide bonds. The van der Waals surface area contributed by atoms with Gasteiger partial charge in [-0.2, -0.15) is 4.68 Å². The Bertz CT molecular complexity index is 439. The first-order valence-electron chi connectivity index (χ1n) is 3.84. The lowest BCUT2D eigenvalue weighted by molar-refractivity contribution is 0.392. The van der Waals surface area contributed by atoms with Crippen LogP contribution in [0.15, 0.2) is 18.7 Å². The van der Waals surface area contributed by atoms with E-state index in [2.05, 4.69) is 20.1 Å². The monoisotopic (exact) mass is 192 g/mol. The van der Waals surface area contributed by atoms with Crippen LogP contribution in [-0.2, 0) is 0 Å². The predicted octanol–water partition coefficient (Wildman–Crippen LogP) is -0.352. The molecule has 14 heavy (non-hydrogen) atoms. The minimum atomic E-state index is 0.178. The fraction of sp³-hybridized carbons (Fsp3) is 0.143. The second-order valence-corrected chi connectivity index (χ2v) is 2.44. The van der Waals surface area contributed by atoms with Crippen molar-refractivity contribution in [2.45, 2.75) is 0 Å². The van der Waals surface area contributed by atoms with Gasteiger partial charge in [0.05, 0.1) is 7.11 Å². The first-order valence-corrected chi connectivity index (χ1v) is 3.84. The topological polar surface area (TPSA) is 91.7 Å². The van der Waals surface area contributed by atoms with Crippen molar-refractivity contribution in [1.82, 2.24) is 24.7 Å². The fourth-order valence-electron chi connectivity index (χ4n) is 0.997. The highest BCUT2D eigenvalue weighted by Crippen LogP contribution is 2.14. The summed E-state index contributed by atoms with van der Waals surface area (Å²) in [5.74, 6) is 1.01. The van der Waals surface area contributed by atoms with Gasteiger partial charge in [-0.25, -0.2) is 15.0 Å². The summed E-state index contributed by atoms with van der Waals surface area (Å²) in [6.45, 7) is 0. The molecule has 0 aromatic carbocycles. The number of rotatable bonds is 2. The lowest BCUT2D eigenvalue weighted by atomic mass is 10.6. The molecule has 0 aliphatic carbocycles. The van der Waals surface area contributed by atoms with Crippen LogP contribution in [-0.4, -0.2) is 31.8 Å². The van der Waals surface area contributed by atoms with Crippen LogP contribution in [0.2, 0.25) is 0 Å². The molecule has 0 spiro atoms. The zero-order valence-corrected chi connectivity index (χ0v) is 7.45. The number of methoxy groups -OCH3 is 1. The van der Waals surface area contributed by atoms with Crippen LogP contribution in [0.1, 0.15) is 0 Å². The number of aromatic nitrogens is 5. The molecule has 72 valence electrons. The van der Waals surface area contributed by atoms with Crippen LogP contribution >= 0.6 is 0 Å². The second-order valence-electron chi connectivity index (χ2n) is 2.44. The summed E-state index contributed by atoms with van der Waals surface area (Å²) in [6, 6.07) is 0. The molecular weight excluding hydrogens is 184 g/mol. The minimum absolute atomic E-state index is 0.178. The standard InChI is InChI=1S/C7H8N6O/c1-14-6-5(9-2-3-10-6)13-4-11-7(8)12-13/h2-4H,1H3,(H2,8,12). The zero-order valence-electron chi connectivity index (χ0n) is 7.45. The molecule has 0 fully saturated rings. The highest BCUT2D eigenvalue weighted by atomic mass is 16.5. The molecule has 0 saturated carbocycles. The number of nitrogen functional groups attached to an aromatic ring is 1. The maximum atomic E-state index is 5.38. The van der Waals surface area contributed by atoms with Gasteiger partial charge in [0, 0.05) is 12.4 Å². The highest BCUT2D eigenvalue weighted by Gasteiger charge is 2.08. The Labute approximate surface area is 79.6 Å². The second kappa shape index (κ2) is 3.29. The van der Waals surface area contributed by atoms with Gasteiger partial charge >= 0.3 is 0 Å². The van der Waals surface area contributed by atoms with Crippen molar-refractivity contribution < 1.29 is 4.74 Å². The highest BCUT2D eigenvalue weighted by molar-refractivity contribution is 5.32. The van der Waals surface area contributed by atoms with Crippen molar-refractivity contribution >= 4 is 5.95 Å². The number of anilines is 1. The van der Waals surface area contributed by atoms with Crippen LogP contribution in [0.3, 0.4) is 0 Å². The third-order valence-corrected chi connectivity index (χ3v) is 1.57. The van der Waals surface area contributed by atoms with Gasteiger partial charge in [0.15, 0.2) is 0 Å². The Morgan fingerprint density at radius 2 is 2.07 bits per heavy atom. The smallest absolute Gasteiger partial charge is 0.259 e. The minimum Gasteiger partial charge on any atom is -0.478 e. The summed E-state index contributed by atoms with van der Waals surface area (Å²) in [5.41, 5.74) is 5.38. The molecule has 0 unspecified atom stereocenters. The average molecular weight is 192 g/mol. The molecule has 2 aromatic rings. The zero-order chi connectivity index (χ0) is 9.97. The predicted molar refractivity (Wildman–Crippen MR) is 47.9 cm³/mol. The van der Waals surface area contributed by atoms with Gasteiger partial charge in [-0.1, -0.05) is 0 Å². The maximum absolute atomic E-state index is 5.38. The first kappa shape index (κ1) is 8.42. The van der Waals surface area contributed by atoms with Crippen molar-refractivity contribution in [2.24, 2.45) is 0 Å². The molecular formula is C7H8N6O. The Hall–Kier alpha value is -2.18. The Kier molecular flexibility index (Phi) is 1.98. The molecule has 0 radical (unpaired) electrons. The van der Waals surface area contributed by atoms with E-state index in [0.29, 0.717) is 11.7 Å². The number of ether oxygens (including phenoxy) is 1. The van der Waals surface area contributed by atoms with E-state index in [1.165, 1.54) is 30.5 Å². The first-order chi connectivity index (χ1) is 6.81. The van der Waals surface area contributed by atoms with Crippen LogP contribution in [0.25, 0.3) is 5.82 Å². The summed E-state index contributed by atoms with van der Waals surface area (Å²) in [5, 5.41) is 3.89. The lowest BCUT2D eigenvalue weighted by Crippen LogP contribution is -2.03. The van der Waals surface area contributed by atoms with E-state index >= 15 is 0 Å². The van der Waals surface area contributed by atoms with Crippen LogP contribution < -0.4 is 10.5 Å². The molecule has 2 heterocycles. The van der Waals surface area contributed by atoms with Crippen molar-refractivity contribution in [3.05, 3.63) is 18.7 Å². The maximum Gasteiger partial charge on any atom is 0.259 e. The fourth-order valence-corrected chi connectivity index (χ4v) is 0.997. The molecule has 2 rings (SSSR count). The van der Waals surface area contributed by atoms with E-state index in [1.807, 2.05) is 0 Å². The van der Waals surface area contributed by atoms with Crippen LogP contribution in [0.4, 0.5) is 5.95 Å². The number of hydrogen-bond acceptors (Lipinski definition) is 6. The van der Waals surface area contributed by atoms with Gasteiger partial charge in [0.25, 0.3) is 5.88 Å². The molecule has 0 saturated heterocycles. The summed E-state index contributed by atoms with van der Waals surface area (Å²) in [6.07, 6.45) is 4.51. The van der Waals surface area contributed by atoms with Crippen LogP contribution in [0, 0.1) is 0 Å². The van der Waals surface area contributed by atoms with Crippen molar-refractivity contribution in [3.8, 4) is 11.7 Å². The Balaban J connectivity index is 2.50. The van der Waals surface area contributed by atoms with Gasteiger partial charge in [0.1, 0.15) is 6.33 Å². The molecule has 0 aliphatic heterocycles. The van der Waals surface area contributed by atoms with Crippen molar-refractivity contribution in [2.75, 3.05) is 12.8 Å². The average Bonchev–Trinajstić information content (AvgIpc) is 2.65. The van der Waals surface area contributed by atoms with E-state index in [9.17, 15) is 0 Å². The SMILES string of the molecule is COc1nccnc1-n1cnc(N)n1. The van der Waals surface area contributed by atoms with Crippen LogP contribution in [0.5, 0.6) is 5.88 Å². The normalized spacial score (nSPS) is 10.1. The molecule has 2 N–H and O–H groups in total. The van der Waals surface area contributed by atoms with E-state index in [0.717, 1.165) is 0 Å². The van der Waals surface area contributed by atoms with Gasteiger partial charge in [-0.05, 0) is 0 Å². The number of nitrogens with two attached hydrogens (primary N) is 1. The summed E-state index contributed by atoms with van der Waals surface area (Å²) < 4.78 is 6.41. The molecule has 2 aromatic heterocycles. The summed E-state index contributed by atoms with van der Waals surface area (Å²) >= 11 is 0. The molecule has 0 aliphatic rings. The summed E-state index contributed by atoms with van der Waals surface area (Å²) in [7, 11) is 1.51. The quantitative estimate of drug-likeness (QED) is 0.699. The van der Waals surface area contributed by atoms with Gasteiger partial charge < -0.3 is 10.5 Å². The molecule has 7 heteroatoms. The van der Waals surface area contributed by atoms with E-state index < -0.39 is 0 Å². The Morgan fingerprint density at radius 3 is 2.71 bits per heavy atom. The molecule has 0 atom stereocenters. The molecule has 7 nitrogen and oxygen atoms in total. The van der Waals surface area contributed by atoms with Gasteiger partial charge in [-0.15, -0.1) is 5.10 Å². The largest absolute Gasteiger partial charge is 0.478 e. The van der Waals surface area contributed by atoms with E-state index in [4.69, 9.17) is 10.5 Å². The molecule has 0 bridgehead atoms. The Morgan fingerprint density at radius 1 is 1.29 bits per heavy atom. The lowest BCUT2D eigenvalue weighted by Gasteiger charge is -2.03. The summed E-state index contributed by atoms with van der Waals surface area (Å²) in [4.78, 5) is 11.8. The van der Waals surface area contributed by atoms with E-state index in [-0.39, 0.29) is 5.95 Å². The van der Waals surface area contributed by atoms with Crippen molar-refractivity contribution in [1.29, 1.82) is 0 Å². The third-order valence-electron chi connectivity index (χ3n) is 1.57. The van der Waals surface area contributed by atoms with Gasteiger partial charge in [0.2, 0.25) is 11.8 Å². The van der Waals surface area contributed by atoms with E-state index in [1.54, 1.807) is 0 Å². The number of hydrogen-bond donors (Lipinski definition) is 1. The van der Waals surface area contributed by atoms with Gasteiger partial charge in [-0.3, -0.25) is 0 Å². The third kappa shape index (κ3) is 1.35.